The first-order valence-electron chi connectivity index (χ1n) is 7.14. The monoisotopic (exact) mass is 282 g/mol. The molecule has 0 bridgehead atoms. The fraction of sp³-hybridized carbons (Fsp3) is 0.769. The third-order valence-electron chi connectivity index (χ3n) is 3.78. The predicted octanol–water partition coefficient (Wildman–Crippen LogP) is -1.45. The first-order chi connectivity index (χ1) is 9.58. The summed E-state index contributed by atoms with van der Waals surface area (Å²) in [7, 11) is 0. The number of likely N-dealkylation sites (tertiary alicyclic amines) is 1. The van der Waals surface area contributed by atoms with Gasteiger partial charge >= 0.3 is 11.8 Å². The van der Waals surface area contributed by atoms with Crippen LogP contribution in [0.2, 0.25) is 0 Å². The summed E-state index contributed by atoms with van der Waals surface area (Å²) >= 11 is 0. The van der Waals surface area contributed by atoms with Gasteiger partial charge in [0.15, 0.2) is 0 Å². The minimum atomic E-state index is -0.409. The molecule has 0 unspecified atom stereocenters. The van der Waals surface area contributed by atoms with E-state index in [1.807, 2.05) is 0 Å². The van der Waals surface area contributed by atoms with Crippen LogP contribution in [0.25, 0.3) is 0 Å². The average molecular weight is 282 g/mol. The largest absolute Gasteiger partial charge is 0.353 e. The number of piperidine rings is 1. The van der Waals surface area contributed by atoms with Gasteiger partial charge in [-0.1, -0.05) is 0 Å². The number of hydrogen-bond acceptors (Lipinski definition) is 4. The van der Waals surface area contributed by atoms with Gasteiger partial charge in [0.1, 0.15) is 0 Å². The van der Waals surface area contributed by atoms with Crippen molar-refractivity contribution in [2.75, 3.05) is 39.3 Å². The molecule has 20 heavy (non-hydrogen) atoms. The second kappa shape index (κ2) is 6.69. The lowest BCUT2D eigenvalue weighted by molar-refractivity contribution is -0.152. The molecule has 112 valence electrons. The molecular formula is C13H22N4O3. The van der Waals surface area contributed by atoms with Crippen LogP contribution in [-0.2, 0) is 14.4 Å². The Morgan fingerprint density at radius 2 is 1.45 bits per heavy atom. The van der Waals surface area contributed by atoms with Crippen molar-refractivity contribution in [1.82, 2.24) is 20.4 Å². The Morgan fingerprint density at radius 1 is 0.950 bits per heavy atom. The number of rotatable bonds is 1. The summed E-state index contributed by atoms with van der Waals surface area (Å²) in [5, 5.41) is 6.01. The van der Waals surface area contributed by atoms with Crippen LogP contribution < -0.4 is 10.6 Å². The lowest BCUT2D eigenvalue weighted by Gasteiger charge is -2.34. The fourth-order valence-corrected chi connectivity index (χ4v) is 2.65. The van der Waals surface area contributed by atoms with Gasteiger partial charge in [-0.05, 0) is 12.8 Å². The highest BCUT2D eigenvalue weighted by Crippen LogP contribution is 2.11. The van der Waals surface area contributed by atoms with E-state index in [-0.39, 0.29) is 11.9 Å². The molecule has 0 aromatic heterocycles. The summed E-state index contributed by atoms with van der Waals surface area (Å²) in [6, 6.07) is 0.117. The maximum Gasteiger partial charge on any atom is 0.312 e. The van der Waals surface area contributed by atoms with E-state index in [0.717, 1.165) is 13.1 Å². The smallest absolute Gasteiger partial charge is 0.312 e. The van der Waals surface area contributed by atoms with Gasteiger partial charge in [-0.15, -0.1) is 0 Å². The van der Waals surface area contributed by atoms with E-state index in [0.29, 0.717) is 39.0 Å². The van der Waals surface area contributed by atoms with Gasteiger partial charge in [0, 0.05) is 52.2 Å². The Kier molecular flexibility index (Phi) is 4.94. The van der Waals surface area contributed by atoms with E-state index in [1.54, 1.807) is 9.80 Å². The molecule has 0 aromatic rings. The second-order valence-corrected chi connectivity index (χ2v) is 5.31. The topological polar surface area (TPSA) is 81.8 Å². The zero-order chi connectivity index (χ0) is 14.5. The minimum absolute atomic E-state index is 0.0494. The molecule has 2 heterocycles. The summed E-state index contributed by atoms with van der Waals surface area (Å²) in [6.45, 7) is 5.21. The number of piperazine rings is 1. The lowest BCUT2D eigenvalue weighted by atomic mass is 10.0. The Labute approximate surface area is 118 Å². The maximum atomic E-state index is 12.2. The van der Waals surface area contributed by atoms with Crippen LogP contribution in [0.4, 0.5) is 0 Å². The molecule has 2 aliphatic rings. The van der Waals surface area contributed by atoms with E-state index in [2.05, 4.69) is 10.6 Å². The van der Waals surface area contributed by atoms with Crippen LogP contribution in [0.3, 0.4) is 0 Å². The summed E-state index contributed by atoms with van der Waals surface area (Å²) in [4.78, 5) is 38.4. The number of nitrogens with zero attached hydrogens (tertiary/aromatic N) is 2. The molecule has 2 aliphatic heterocycles. The molecular weight excluding hydrogens is 260 g/mol. The summed E-state index contributed by atoms with van der Waals surface area (Å²) in [6.07, 6.45) is 1.42. The average Bonchev–Trinajstić information content (AvgIpc) is 2.47. The second-order valence-electron chi connectivity index (χ2n) is 5.31. The van der Waals surface area contributed by atoms with Crippen LogP contribution in [0.15, 0.2) is 0 Å². The van der Waals surface area contributed by atoms with Gasteiger partial charge in [-0.25, -0.2) is 0 Å². The molecule has 0 spiro atoms. The van der Waals surface area contributed by atoms with Gasteiger partial charge in [0.2, 0.25) is 5.91 Å². The quantitative estimate of drug-likeness (QED) is 0.576. The third-order valence-corrected chi connectivity index (χ3v) is 3.78. The van der Waals surface area contributed by atoms with Gasteiger partial charge in [-0.2, -0.15) is 0 Å². The number of nitrogens with one attached hydrogen (secondary N) is 2. The molecule has 2 rings (SSSR count). The van der Waals surface area contributed by atoms with Gasteiger partial charge in [0.05, 0.1) is 0 Å². The standard InChI is InChI=1S/C13H22N4O3/c1-10(18)15-11-2-6-16(7-3-11)12(19)13(20)17-8-4-14-5-9-17/h11,14H,2-9H2,1H3,(H,15,18). The molecule has 0 aromatic carbocycles. The van der Waals surface area contributed by atoms with Crippen molar-refractivity contribution in [1.29, 1.82) is 0 Å². The van der Waals surface area contributed by atoms with Crippen molar-refractivity contribution in [3.8, 4) is 0 Å². The molecule has 0 radical (unpaired) electrons. The third kappa shape index (κ3) is 3.69. The molecule has 0 atom stereocenters. The molecule has 0 aliphatic carbocycles. The number of hydrogen-bond donors (Lipinski definition) is 2. The van der Waals surface area contributed by atoms with Crippen molar-refractivity contribution in [3.05, 3.63) is 0 Å². The first kappa shape index (κ1) is 14.8. The van der Waals surface area contributed by atoms with Crippen molar-refractivity contribution in [3.63, 3.8) is 0 Å². The molecule has 2 fully saturated rings. The Hall–Kier alpha value is -1.63. The molecule has 7 nitrogen and oxygen atoms in total. The molecule has 7 heteroatoms. The zero-order valence-corrected chi connectivity index (χ0v) is 11.9. The van der Waals surface area contributed by atoms with Crippen molar-refractivity contribution < 1.29 is 14.4 Å². The normalized spacial score (nSPS) is 20.6. The highest BCUT2D eigenvalue weighted by Gasteiger charge is 2.30. The zero-order valence-electron chi connectivity index (χ0n) is 11.9. The number of carbonyl (C=O) groups is 3. The highest BCUT2D eigenvalue weighted by atomic mass is 16.2. The summed E-state index contributed by atoms with van der Waals surface area (Å²) < 4.78 is 0. The molecule has 2 saturated heterocycles. The van der Waals surface area contributed by atoms with E-state index >= 15 is 0 Å². The van der Waals surface area contributed by atoms with E-state index < -0.39 is 11.8 Å². The molecule has 0 saturated carbocycles. The molecule has 2 N–H and O–H groups in total. The van der Waals surface area contributed by atoms with Crippen LogP contribution in [-0.4, -0.2) is 72.8 Å². The van der Waals surface area contributed by atoms with Crippen LogP contribution in [0, 0.1) is 0 Å². The van der Waals surface area contributed by atoms with E-state index in [1.165, 1.54) is 6.92 Å². The van der Waals surface area contributed by atoms with Crippen molar-refractivity contribution in [2.45, 2.75) is 25.8 Å². The Morgan fingerprint density at radius 3 is 1.95 bits per heavy atom. The van der Waals surface area contributed by atoms with E-state index in [4.69, 9.17) is 0 Å². The van der Waals surface area contributed by atoms with Gasteiger partial charge in [0.25, 0.3) is 0 Å². The first-order valence-corrected chi connectivity index (χ1v) is 7.14. The van der Waals surface area contributed by atoms with E-state index in [9.17, 15) is 14.4 Å². The predicted molar refractivity (Wildman–Crippen MR) is 72.9 cm³/mol. The Balaban J connectivity index is 1.81. The number of amides is 3. The van der Waals surface area contributed by atoms with Crippen molar-refractivity contribution >= 4 is 17.7 Å². The SMILES string of the molecule is CC(=O)NC1CCN(C(=O)C(=O)N2CCNCC2)CC1. The van der Waals surface area contributed by atoms with Crippen LogP contribution in [0.1, 0.15) is 19.8 Å². The number of carbonyl (C=O) groups excluding carboxylic acids is 3. The fourth-order valence-electron chi connectivity index (χ4n) is 2.65. The van der Waals surface area contributed by atoms with Crippen molar-refractivity contribution in [2.24, 2.45) is 0 Å². The van der Waals surface area contributed by atoms with Crippen LogP contribution >= 0.6 is 0 Å². The summed E-state index contributed by atoms with van der Waals surface area (Å²) in [5.41, 5.74) is 0. The van der Waals surface area contributed by atoms with Gasteiger partial charge < -0.3 is 20.4 Å². The lowest BCUT2D eigenvalue weighted by Crippen LogP contribution is -2.54. The Bertz CT molecular complexity index is 385. The maximum absolute atomic E-state index is 12.2. The van der Waals surface area contributed by atoms with Crippen LogP contribution in [0.5, 0.6) is 0 Å². The minimum Gasteiger partial charge on any atom is -0.353 e. The van der Waals surface area contributed by atoms with Gasteiger partial charge in [-0.3, -0.25) is 14.4 Å². The molecule has 3 amide bonds. The highest BCUT2D eigenvalue weighted by molar-refractivity contribution is 6.34. The summed E-state index contributed by atoms with van der Waals surface area (Å²) in [5.74, 6) is -0.857.